The highest BCUT2D eigenvalue weighted by Crippen LogP contribution is 2.27. The second kappa shape index (κ2) is 7.77. The van der Waals surface area contributed by atoms with Crippen LogP contribution in [0.1, 0.15) is 17.2 Å². The summed E-state index contributed by atoms with van der Waals surface area (Å²) in [5.41, 5.74) is 1.50. The third kappa shape index (κ3) is 3.95. The first-order chi connectivity index (χ1) is 13.5. The number of aromatic nitrogens is 1. The van der Waals surface area contributed by atoms with E-state index in [-0.39, 0.29) is 24.8 Å². The third-order valence-electron chi connectivity index (χ3n) is 4.59. The molecule has 144 valence electrons. The highest BCUT2D eigenvalue weighted by Gasteiger charge is 2.35. The van der Waals surface area contributed by atoms with Crippen LogP contribution < -0.4 is 10.2 Å². The Morgan fingerprint density at radius 1 is 1.39 bits per heavy atom. The number of furan rings is 1. The molecule has 1 atom stereocenters. The second-order valence-corrected chi connectivity index (χ2v) is 8.12. The number of hydrogen-bond donors (Lipinski definition) is 1. The molecule has 1 saturated heterocycles. The number of thiazole rings is 1. The molecule has 8 heteroatoms. The molecule has 1 aliphatic heterocycles. The smallest absolute Gasteiger partial charge is 0.227 e. The maximum atomic E-state index is 12.5. The molecule has 3 aromatic rings. The molecule has 2 aromatic heterocycles. The Kier molecular flexibility index (Phi) is 5.19. The van der Waals surface area contributed by atoms with Crippen LogP contribution in [0.5, 0.6) is 0 Å². The first-order valence-electron chi connectivity index (χ1n) is 8.84. The molecule has 0 aliphatic carbocycles. The molecule has 28 heavy (non-hydrogen) atoms. The van der Waals surface area contributed by atoms with Crippen molar-refractivity contribution in [1.82, 2.24) is 10.3 Å². The van der Waals surface area contributed by atoms with Crippen molar-refractivity contribution in [2.75, 3.05) is 11.4 Å². The van der Waals surface area contributed by atoms with E-state index in [2.05, 4.69) is 10.3 Å². The van der Waals surface area contributed by atoms with Crippen molar-refractivity contribution in [3.05, 3.63) is 57.6 Å². The van der Waals surface area contributed by atoms with Crippen LogP contribution in [-0.4, -0.2) is 23.3 Å². The van der Waals surface area contributed by atoms with Crippen LogP contribution in [0.25, 0.3) is 11.5 Å². The van der Waals surface area contributed by atoms with Crippen molar-refractivity contribution in [2.24, 2.45) is 5.92 Å². The lowest BCUT2D eigenvalue weighted by Gasteiger charge is -2.16. The summed E-state index contributed by atoms with van der Waals surface area (Å²) in [6.07, 6.45) is 0.180. The number of halogens is 1. The minimum Gasteiger partial charge on any atom is -0.458 e. The largest absolute Gasteiger partial charge is 0.458 e. The zero-order valence-corrected chi connectivity index (χ0v) is 16.7. The molecule has 1 N–H and O–H groups in total. The van der Waals surface area contributed by atoms with E-state index >= 15 is 0 Å². The maximum absolute atomic E-state index is 12.5. The summed E-state index contributed by atoms with van der Waals surface area (Å²) in [5.74, 6) is 0.672. The fourth-order valence-electron chi connectivity index (χ4n) is 3.18. The molecule has 4 rings (SSSR count). The number of benzene rings is 1. The predicted molar refractivity (Wildman–Crippen MR) is 108 cm³/mol. The number of carbonyl (C=O) groups is 2. The Bertz CT molecular complexity index is 1030. The van der Waals surface area contributed by atoms with Gasteiger partial charge in [-0.05, 0) is 37.3 Å². The van der Waals surface area contributed by atoms with E-state index in [4.69, 9.17) is 16.0 Å². The minimum absolute atomic E-state index is 0.0818. The second-order valence-electron chi connectivity index (χ2n) is 6.62. The topological polar surface area (TPSA) is 75.4 Å². The van der Waals surface area contributed by atoms with E-state index in [9.17, 15) is 9.59 Å². The number of anilines is 1. The number of carbonyl (C=O) groups excluding carboxylic acids is 2. The van der Waals surface area contributed by atoms with E-state index in [1.807, 2.05) is 30.5 Å². The van der Waals surface area contributed by atoms with Crippen molar-refractivity contribution in [3.63, 3.8) is 0 Å². The van der Waals surface area contributed by atoms with E-state index in [0.717, 1.165) is 10.7 Å². The number of rotatable bonds is 5. The van der Waals surface area contributed by atoms with Gasteiger partial charge < -0.3 is 14.6 Å². The molecule has 0 saturated carbocycles. The van der Waals surface area contributed by atoms with Crippen molar-refractivity contribution in [3.8, 4) is 11.5 Å². The lowest BCUT2D eigenvalue weighted by Crippen LogP contribution is -2.32. The third-order valence-corrected chi connectivity index (χ3v) is 5.59. The van der Waals surface area contributed by atoms with Crippen LogP contribution >= 0.6 is 22.9 Å². The van der Waals surface area contributed by atoms with E-state index < -0.39 is 5.92 Å². The lowest BCUT2D eigenvalue weighted by atomic mass is 10.1. The zero-order chi connectivity index (χ0) is 19.7. The summed E-state index contributed by atoms with van der Waals surface area (Å²) < 4.78 is 5.76. The maximum Gasteiger partial charge on any atom is 0.227 e. The van der Waals surface area contributed by atoms with Gasteiger partial charge in [0.05, 0.1) is 17.5 Å². The molecule has 1 aromatic carbocycles. The van der Waals surface area contributed by atoms with Gasteiger partial charge in [-0.15, -0.1) is 11.3 Å². The van der Waals surface area contributed by atoms with Gasteiger partial charge in [0.15, 0.2) is 5.76 Å². The summed E-state index contributed by atoms with van der Waals surface area (Å²) >= 11 is 7.56. The van der Waals surface area contributed by atoms with E-state index in [0.29, 0.717) is 28.8 Å². The first kappa shape index (κ1) is 18.7. The van der Waals surface area contributed by atoms with Crippen LogP contribution in [0.3, 0.4) is 0 Å². The van der Waals surface area contributed by atoms with Crippen molar-refractivity contribution in [2.45, 2.75) is 19.9 Å². The molecule has 1 fully saturated rings. The lowest BCUT2D eigenvalue weighted by molar-refractivity contribution is -0.126. The first-order valence-corrected chi connectivity index (χ1v) is 10.1. The van der Waals surface area contributed by atoms with E-state index in [1.165, 1.54) is 0 Å². The molecule has 0 unspecified atom stereocenters. The molecular formula is C20H18ClN3O3S. The van der Waals surface area contributed by atoms with Gasteiger partial charge in [-0.1, -0.05) is 17.7 Å². The van der Waals surface area contributed by atoms with Gasteiger partial charge in [0, 0.05) is 29.1 Å². The summed E-state index contributed by atoms with van der Waals surface area (Å²) in [4.78, 5) is 30.8. The Morgan fingerprint density at radius 3 is 3.00 bits per heavy atom. The monoisotopic (exact) mass is 415 g/mol. The highest BCUT2D eigenvalue weighted by atomic mass is 35.5. The highest BCUT2D eigenvalue weighted by molar-refractivity contribution is 7.09. The van der Waals surface area contributed by atoms with Gasteiger partial charge in [-0.25, -0.2) is 4.98 Å². The van der Waals surface area contributed by atoms with Crippen LogP contribution in [0, 0.1) is 12.8 Å². The van der Waals surface area contributed by atoms with Gasteiger partial charge in [-0.2, -0.15) is 0 Å². The molecule has 0 radical (unpaired) electrons. The minimum atomic E-state index is -0.401. The van der Waals surface area contributed by atoms with Crippen LogP contribution in [0.15, 0.2) is 46.2 Å². The van der Waals surface area contributed by atoms with Gasteiger partial charge >= 0.3 is 0 Å². The molecule has 3 heterocycles. The fraction of sp³-hybridized carbons (Fsp3) is 0.250. The van der Waals surface area contributed by atoms with Gasteiger partial charge in [0.2, 0.25) is 11.8 Å². The van der Waals surface area contributed by atoms with Crippen molar-refractivity contribution in [1.29, 1.82) is 0 Å². The molecule has 2 amide bonds. The number of aryl methyl sites for hydroxylation is 1. The number of nitrogens with zero attached hydrogens (tertiary/aromatic N) is 2. The van der Waals surface area contributed by atoms with Crippen LogP contribution in [0.4, 0.5) is 5.69 Å². The molecule has 0 spiro atoms. The van der Waals surface area contributed by atoms with Gasteiger partial charge in [-0.3, -0.25) is 9.59 Å². The van der Waals surface area contributed by atoms with Crippen LogP contribution in [0.2, 0.25) is 5.02 Å². The Morgan fingerprint density at radius 2 is 2.25 bits per heavy atom. The Balaban J connectivity index is 1.36. The molecule has 6 nitrogen and oxygen atoms in total. The summed E-state index contributed by atoms with van der Waals surface area (Å²) in [7, 11) is 0. The summed E-state index contributed by atoms with van der Waals surface area (Å²) in [6, 6.07) is 10.7. The summed E-state index contributed by atoms with van der Waals surface area (Å²) in [6.45, 7) is 2.55. The molecule has 0 bridgehead atoms. The molecular weight excluding hydrogens is 398 g/mol. The van der Waals surface area contributed by atoms with Crippen LogP contribution in [-0.2, 0) is 16.1 Å². The van der Waals surface area contributed by atoms with Crippen molar-refractivity contribution >= 4 is 40.4 Å². The SMILES string of the molecule is Cc1nc(-c2ccc(CNC(=O)[C@H]3CC(=O)N(c4cccc(Cl)c4)C3)o2)cs1. The van der Waals surface area contributed by atoms with E-state index in [1.54, 1.807) is 34.4 Å². The van der Waals surface area contributed by atoms with Gasteiger partial charge in [0.1, 0.15) is 11.5 Å². The number of amides is 2. The number of hydrogen-bond acceptors (Lipinski definition) is 5. The standard InChI is InChI=1S/C20H18ClN3O3S/c1-12-23-17(11-28-12)18-6-5-16(27-18)9-22-20(26)13-7-19(25)24(10-13)15-4-2-3-14(21)8-15/h2-6,8,11,13H,7,9-10H2,1H3,(H,22,26)/t13-/m0/s1. The average molecular weight is 416 g/mol. The van der Waals surface area contributed by atoms with Crippen molar-refractivity contribution < 1.29 is 14.0 Å². The molecule has 1 aliphatic rings. The zero-order valence-electron chi connectivity index (χ0n) is 15.1. The predicted octanol–water partition coefficient (Wildman–Crippen LogP) is 4.03. The normalized spacial score (nSPS) is 16.6. The Hall–Kier alpha value is -2.64. The summed E-state index contributed by atoms with van der Waals surface area (Å²) in [5, 5.41) is 6.32. The number of nitrogens with one attached hydrogen (secondary N) is 1. The fourth-order valence-corrected chi connectivity index (χ4v) is 3.97. The quantitative estimate of drug-likeness (QED) is 0.682. The van der Waals surface area contributed by atoms with Gasteiger partial charge in [0.25, 0.3) is 0 Å². The average Bonchev–Trinajstić information content (AvgIpc) is 3.39. The Labute approximate surface area is 171 Å².